The van der Waals surface area contributed by atoms with Gasteiger partial charge in [-0.15, -0.1) is 0 Å². The van der Waals surface area contributed by atoms with Crippen molar-refractivity contribution in [2.24, 2.45) is 17.6 Å². The standard InChI is InChI=1S/C25H33NO2/c1-19-23(18-21-12-6-3-7-13-21)22(16-9-17-24(26)25(27)28-19)15-8-14-20-10-4-2-5-11-20/h2-7,10-13,19,22-24H,8-9,14-18,26H2,1H3. The van der Waals surface area contributed by atoms with Crippen molar-refractivity contribution in [1.29, 1.82) is 0 Å². The van der Waals surface area contributed by atoms with Gasteiger partial charge in [-0.05, 0) is 62.5 Å². The van der Waals surface area contributed by atoms with Crippen molar-refractivity contribution >= 4 is 5.97 Å². The smallest absolute Gasteiger partial charge is 0.323 e. The van der Waals surface area contributed by atoms with E-state index in [2.05, 4.69) is 54.6 Å². The molecule has 3 rings (SSSR count). The summed E-state index contributed by atoms with van der Waals surface area (Å²) in [5.41, 5.74) is 8.73. The van der Waals surface area contributed by atoms with Gasteiger partial charge in [-0.3, -0.25) is 4.79 Å². The van der Waals surface area contributed by atoms with E-state index < -0.39 is 6.04 Å². The largest absolute Gasteiger partial charge is 0.461 e. The van der Waals surface area contributed by atoms with Crippen molar-refractivity contribution in [3.63, 3.8) is 0 Å². The Morgan fingerprint density at radius 1 is 0.964 bits per heavy atom. The maximum absolute atomic E-state index is 12.3. The van der Waals surface area contributed by atoms with E-state index in [0.717, 1.165) is 44.9 Å². The molecule has 4 atom stereocenters. The van der Waals surface area contributed by atoms with Crippen molar-refractivity contribution in [2.75, 3.05) is 0 Å². The van der Waals surface area contributed by atoms with Crippen LogP contribution in [0.4, 0.5) is 0 Å². The van der Waals surface area contributed by atoms with Crippen LogP contribution in [0.2, 0.25) is 0 Å². The van der Waals surface area contributed by atoms with Crippen LogP contribution in [-0.2, 0) is 22.4 Å². The number of rotatable bonds is 6. The van der Waals surface area contributed by atoms with Gasteiger partial charge < -0.3 is 10.5 Å². The van der Waals surface area contributed by atoms with Crippen LogP contribution in [0.15, 0.2) is 60.7 Å². The van der Waals surface area contributed by atoms with Crippen molar-refractivity contribution in [3.8, 4) is 0 Å². The highest BCUT2D eigenvalue weighted by molar-refractivity contribution is 5.75. The molecular weight excluding hydrogens is 346 g/mol. The molecule has 0 radical (unpaired) electrons. The van der Waals surface area contributed by atoms with Gasteiger partial charge in [0.2, 0.25) is 0 Å². The summed E-state index contributed by atoms with van der Waals surface area (Å²) in [7, 11) is 0. The fourth-order valence-corrected chi connectivity index (χ4v) is 4.46. The van der Waals surface area contributed by atoms with Crippen LogP contribution in [0.5, 0.6) is 0 Å². The lowest BCUT2D eigenvalue weighted by molar-refractivity contribution is -0.153. The van der Waals surface area contributed by atoms with Gasteiger partial charge in [-0.2, -0.15) is 0 Å². The van der Waals surface area contributed by atoms with Crippen LogP contribution in [0.25, 0.3) is 0 Å². The second kappa shape index (κ2) is 10.4. The maximum atomic E-state index is 12.3. The SMILES string of the molecule is CC1OC(=O)C(N)CCCC(CCCc2ccccc2)C1Cc1ccccc1. The molecule has 1 fully saturated rings. The first-order valence-electron chi connectivity index (χ1n) is 10.7. The van der Waals surface area contributed by atoms with Crippen molar-refractivity contribution in [2.45, 2.75) is 64.0 Å². The Kier molecular flexibility index (Phi) is 7.67. The Balaban J connectivity index is 1.71. The second-order valence-corrected chi connectivity index (χ2v) is 8.17. The van der Waals surface area contributed by atoms with Gasteiger partial charge in [-0.25, -0.2) is 0 Å². The zero-order valence-corrected chi connectivity index (χ0v) is 16.9. The van der Waals surface area contributed by atoms with Crippen molar-refractivity contribution in [1.82, 2.24) is 0 Å². The number of carbonyl (C=O) groups excluding carboxylic acids is 1. The van der Waals surface area contributed by atoms with E-state index in [1.807, 2.05) is 13.0 Å². The zero-order valence-electron chi connectivity index (χ0n) is 16.9. The summed E-state index contributed by atoms with van der Waals surface area (Å²) in [5, 5.41) is 0. The molecule has 3 heteroatoms. The van der Waals surface area contributed by atoms with E-state index in [1.54, 1.807) is 0 Å². The molecular formula is C25H33NO2. The van der Waals surface area contributed by atoms with E-state index in [-0.39, 0.29) is 12.1 Å². The normalized spacial score (nSPS) is 26.0. The number of aryl methyl sites for hydroxylation is 1. The molecule has 1 aliphatic rings. The van der Waals surface area contributed by atoms with Crippen LogP contribution in [0.3, 0.4) is 0 Å². The Morgan fingerprint density at radius 3 is 2.29 bits per heavy atom. The molecule has 2 aromatic carbocycles. The number of hydrogen-bond donors (Lipinski definition) is 1. The summed E-state index contributed by atoms with van der Waals surface area (Å²) in [4.78, 5) is 12.3. The third-order valence-electron chi connectivity index (χ3n) is 6.10. The predicted molar refractivity (Wildman–Crippen MR) is 114 cm³/mol. The Hall–Kier alpha value is -2.13. The van der Waals surface area contributed by atoms with Crippen molar-refractivity contribution in [3.05, 3.63) is 71.8 Å². The first-order chi connectivity index (χ1) is 13.6. The fourth-order valence-electron chi connectivity index (χ4n) is 4.46. The summed E-state index contributed by atoms with van der Waals surface area (Å²) < 4.78 is 5.80. The number of nitrogens with two attached hydrogens (primary N) is 1. The van der Waals surface area contributed by atoms with E-state index in [0.29, 0.717) is 11.8 Å². The van der Waals surface area contributed by atoms with Crippen molar-refractivity contribution < 1.29 is 9.53 Å². The minimum atomic E-state index is -0.483. The predicted octanol–water partition coefficient (Wildman–Crippen LogP) is 4.93. The summed E-state index contributed by atoms with van der Waals surface area (Å²) in [5.74, 6) is 0.625. The molecule has 0 amide bonds. The van der Waals surface area contributed by atoms with Gasteiger partial charge in [0, 0.05) is 5.92 Å². The highest BCUT2D eigenvalue weighted by Gasteiger charge is 2.32. The molecule has 0 aliphatic carbocycles. The number of benzene rings is 2. The number of carbonyl (C=O) groups is 1. The minimum Gasteiger partial charge on any atom is -0.461 e. The van der Waals surface area contributed by atoms with Gasteiger partial charge >= 0.3 is 5.97 Å². The highest BCUT2D eigenvalue weighted by Crippen LogP contribution is 2.33. The summed E-state index contributed by atoms with van der Waals surface area (Å²) >= 11 is 0. The maximum Gasteiger partial charge on any atom is 0.323 e. The average Bonchev–Trinajstić information content (AvgIpc) is 2.76. The van der Waals surface area contributed by atoms with E-state index >= 15 is 0 Å². The number of ether oxygens (including phenoxy) is 1. The average molecular weight is 380 g/mol. The van der Waals surface area contributed by atoms with E-state index in [4.69, 9.17) is 10.5 Å². The number of cyclic esters (lactones) is 1. The van der Waals surface area contributed by atoms with Crippen LogP contribution in [-0.4, -0.2) is 18.1 Å². The summed E-state index contributed by atoms with van der Waals surface area (Å²) in [6.45, 7) is 2.05. The molecule has 150 valence electrons. The van der Waals surface area contributed by atoms with E-state index in [9.17, 15) is 4.79 Å². The molecule has 1 saturated heterocycles. The van der Waals surface area contributed by atoms with Crippen LogP contribution in [0, 0.1) is 11.8 Å². The third-order valence-corrected chi connectivity index (χ3v) is 6.10. The molecule has 0 spiro atoms. The third kappa shape index (κ3) is 5.93. The van der Waals surface area contributed by atoms with Gasteiger partial charge in [0.05, 0.1) is 0 Å². The van der Waals surface area contributed by atoms with Gasteiger partial charge in [-0.1, -0.05) is 67.1 Å². The topological polar surface area (TPSA) is 52.3 Å². The Bertz CT molecular complexity index is 716. The summed E-state index contributed by atoms with van der Waals surface area (Å²) in [6, 6.07) is 20.8. The van der Waals surface area contributed by atoms with Gasteiger partial charge in [0.15, 0.2) is 0 Å². The minimum absolute atomic E-state index is 0.112. The van der Waals surface area contributed by atoms with Crippen LogP contribution >= 0.6 is 0 Å². The molecule has 3 nitrogen and oxygen atoms in total. The Morgan fingerprint density at radius 2 is 1.61 bits per heavy atom. The van der Waals surface area contributed by atoms with Gasteiger partial charge in [0.1, 0.15) is 12.1 Å². The molecule has 2 N–H and O–H groups in total. The quantitative estimate of drug-likeness (QED) is 0.724. The molecule has 1 heterocycles. The van der Waals surface area contributed by atoms with Gasteiger partial charge in [0.25, 0.3) is 0 Å². The number of hydrogen-bond acceptors (Lipinski definition) is 3. The lowest BCUT2D eigenvalue weighted by Crippen LogP contribution is -2.37. The van der Waals surface area contributed by atoms with E-state index in [1.165, 1.54) is 11.1 Å². The molecule has 2 aromatic rings. The highest BCUT2D eigenvalue weighted by atomic mass is 16.5. The lowest BCUT2D eigenvalue weighted by Gasteiger charge is -2.31. The van der Waals surface area contributed by atoms with Crippen LogP contribution in [0.1, 0.15) is 50.2 Å². The fraction of sp³-hybridized carbons (Fsp3) is 0.480. The molecule has 1 aliphatic heterocycles. The summed E-state index contributed by atoms with van der Waals surface area (Å²) in [6.07, 6.45) is 7.07. The van der Waals surface area contributed by atoms with Crippen LogP contribution < -0.4 is 5.73 Å². The molecule has 0 bridgehead atoms. The first kappa shape index (κ1) is 20.6. The lowest BCUT2D eigenvalue weighted by atomic mass is 9.77. The molecule has 28 heavy (non-hydrogen) atoms. The zero-order chi connectivity index (χ0) is 19.8. The first-order valence-corrected chi connectivity index (χ1v) is 10.7. The molecule has 0 saturated carbocycles. The number of esters is 1. The molecule has 4 unspecified atom stereocenters. The molecule has 0 aromatic heterocycles. The Labute approximate surface area is 169 Å². The second-order valence-electron chi connectivity index (χ2n) is 8.17. The monoisotopic (exact) mass is 379 g/mol.